The molecule has 1 aliphatic carbocycles. The maximum atomic E-state index is 5.80. The molecule has 1 saturated carbocycles. The summed E-state index contributed by atoms with van der Waals surface area (Å²) in [6.45, 7) is 6.83. The standard InChI is InChI=1S/C10H21N/c1-8(11)7-10(2,3)9-5-4-6-9/h8-9H,4-7,11H2,1-3H3. The number of rotatable bonds is 3. The molecule has 2 N–H and O–H groups in total. The van der Waals surface area contributed by atoms with E-state index in [4.69, 9.17) is 5.73 Å². The molecule has 0 aliphatic heterocycles. The highest BCUT2D eigenvalue weighted by atomic mass is 14.6. The molecule has 11 heavy (non-hydrogen) atoms. The van der Waals surface area contributed by atoms with Gasteiger partial charge in [-0.1, -0.05) is 20.3 Å². The SMILES string of the molecule is CC(N)CC(C)(C)C1CCC1. The topological polar surface area (TPSA) is 26.0 Å². The fourth-order valence-electron chi connectivity index (χ4n) is 2.19. The summed E-state index contributed by atoms with van der Waals surface area (Å²) in [4.78, 5) is 0. The molecule has 1 atom stereocenters. The summed E-state index contributed by atoms with van der Waals surface area (Å²) >= 11 is 0. The predicted octanol–water partition coefficient (Wildman–Crippen LogP) is 2.55. The van der Waals surface area contributed by atoms with Crippen molar-refractivity contribution >= 4 is 0 Å². The van der Waals surface area contributed by atoms with Gasteiger partial charge in [0.15, 0.2) is 0 Å². The fourth-order valence-corrected chi connectivity index (χ4v) is 2.19. The van der Waals surface area contributed by atoms with Crippen molar-refractivity contribution in [1.82, 2.24) is 0 Å². The van der Waals surface area contributed by atoms with Crippen LogP contribution in [0.1, 0.15) is 46.5 Å². The van der Waals surface area contributed by atoms with Crippen LogP contribution < -0.4 is 5.73 Å². The van der Waals surface area contributed by atoms with Gasteiger partial charge in [0.25, 0.3) is 0 Å². The largest absolute Gasteiger partial charge is 0.328 e. The molecule has 0 saturated heterocycles. The van der Waals surface area contributed by atoms with E-state index in [9.17, 15) is 0 Å². The molecule has 1 fully saturated rings. The highest BCUT2D eigenvalue weighted by Gasteiger charge is 2.33. The van der Waals surface area contributed by atoms with Gasteiger partial charge in [-0.3, -0.25) is 0 Å². The van der Waals surface area contributed by atoms with Crippen molar-refractivity contribution in [3.8, 4) is 0 Å². The third-order valence-electron chi connectivity index (χ3n) is 3.06. The van der Waals surface area contributed by atoms with Gasteiger partial charge in [-0.05, 0) is 37.5 Å². The van der Waals surface area contributed by atoms with Gasteiger partial charge in [0.1, 0.15) is 0 Å². The van der Waals surface area contributed by atoms with Gasteiger partial charge < -0.3 is 5.73 Å². The Morgan fingerprint density at radius 1 is 1.45 bits per heavy atom. The Kier molecular flexibility index (Phi) is 2.58. The van der Waals surface area contributed by atoms with E-state index >= 15 is 0 Å². The smallest absolute Gasteiger partial charge is 0.00156 e. The molecular formula is C10H21N. The van der Waals surface area contributed by atoms with Crippen molar-refractivity contribution in [3.05, 3.63) is 0 Å². The van der Waals surface area contributed by atoms with E-state index in [0.29, 0.717) is 11.5 Å². The van der Waals surface area contributed by atoms with Crippen molar-refractivity contribution in [2.75, 3.05) is 0 Å². The summed E-state index contributed by atoms with van der Waals surface area (Å²) < 4.78 is 0. The average molecular weight is 155 g/mol. The van der Waals surface area contributed by atoms with Gasteiger partial charge in [0, 0.05) is 6.04 Å². The third-order valence-corrected chi connectivity index (χ3v) is 3.06. The Morgan fingerprint density at radius 2 is 2.00 bits per heavy atom. The van der Waals surface area contributed by atoms with Gasteiger partial charge in [0.2, 0.25) is 0 Å². The molecule has 1 nitrogen and oxygen atoms in total. The normalized spacial score (nSPS) is 22.9. The molecule has 0 bridgehead atoms. The van der Waals surface area contributed by atoms with Gasteiger partial charge >= 0.3 is 0 Å². The minimum atomic E-state index is 0.366. The van der Waals surface area contributed by atoms with Crippen molar-refractivity contribution in [3.63, 3.8) is 0 Å². The van der Waals surface area contributed by atoms with Crippen LogP contribution in [0.15, 0.2) is 0 Å². The molecule has 0 aromatic heterocycles. The highest BCUT2D eigenvalue weighted by molar-refractivity contribution is 4.85. The zero-order chi connectivity index (χ0) is 8.48. The molecule has 0 aromatic rings. The van der Waals surface area contributed by atoms with E-state index in [1.807, 2.05) is 0 Å². The minimum Gasteiger partial charge on any atom is -0.328 e. The summed E-state index contributed by atoms with van der Waals surface area (Å²) in [6, 6.07) is 0.366. The summed E-state index contributed by atoms with van der Waals surface area (Å²) in [6.07, 6.45) is 5.48. The number of nitrogens with two attached hydrogens (primary N) is 1. The van der Waals surface area contributed by atoms with Crippen LogP contribution in [-0.4, -0.2) is 6.04 Å². The zero-order valence-electron chi connectivity index (χ0n) is 8.06. The van der Waals surface area contributed by atoms with E-state index in [1.54, 1.807) is 0 Å². The number of hydrogen-bond acceptors (Lipinski definition) is 1. The Balaban J connectivity index is 2.37. The molecule has 1 unspecified atom stereocenters. The van der Waals surface area contributed by atoms with Gasteiger partial charge in [0.05, 0.1) is 0 Å². The van der Waals surface area contributed by atoms with Gasteiger partial charge in [-0.2, -0.15) is 0 Å². The third kappa shape index (κ3) is 2.19. The molecule has 0 spiro atoms. The molecule has 66 valence electrons. The zero-order valence-corrected chi connectivity index (χ0v) is 8.06. The average Bonchev–Trinajstić information content (AvgIpc) is 1.50. The monoisotopic (exact) mass is 155 g/mol. The molecule has 0 amide bonds. The second-order valence-corrected chi connectivity index (χ2v) is 4.80. The first-order valence-corrected chi connectivity index (χ1v) is 4.78. The van der Waals surface area contributed by atoms with Crippen LogP contribution in [0.2, 0.25) is 0 Å². The lowest BCUT2D eigenvalue weighted by Crippen LogP contribution is -2.34. The maximum Gasteiger partial charge on any atom is 0.00156 e. The van der Waals surface area contributed by atoms with E-state index < -0.39 is 0 Å². The molecule has 1 aliphatic rings. The molecule has 0 heterocycles. The lowest BCUT2D eigenvalue weighted by Gasteiger charge is -2.41. The fraction of sp³-hybridized carbons (Fsp3) is 1.00. The first kappa shape index (κ1) is 9.05. The van der Waals surface area contributed by atoms with Gasteiger partial charge in [-0.15, -0.1) is 0 Å². The van der Waals surface area contributed by atoms with Crippen LogP contribution in [0.5, 0.6) is 0 Å². The number of hydrogen-bond donors (Lipinski definition) is 1. The Labute approximate surface area is 70.4 Å². The minimum absolute atomic E-state index is 0.366. The van der Waals surface area contributed by atoms with Crippen LogP contribution in [-0.2, 0) is 0 Å². The van der Waals surface area contributed by atoms with Crippen molar-refractivity contribution in [2.24, 2.45) is 17.1 Å². The first-order valence-electron chi connectivity index (χ1n) is 4.78. The first-order chi connectivity index (χ1) is 5.02. The molecule has 0 aromatic carbocycles. The summed E-state index contributed by atoms with van der Waals surface area (Å²) in [7, 11) is 0. The summed E-state index contributed by atoms with van der Waals surface area (Å²) in [5.74, 6) is 0.952. The van der Waals surface area contributed by atoms with E-state index in [0.717, 1.165) is 5.92 Å². The highest BCUT2D eigenvalue weighted by Crippen LogP contribution is 2.44. The second kappa shape index (κ2) is 3.14. The molecule has 1 rings (SSSR count). The molecule has 0 radical (unpaired) electrons. The van der Waals surface area contributed by atoms with E-state index in [2.05, 4.69) is 20.8 Å². The molecular weight excluding hydrogens is 134 g/mol. The van der Waals surface area contributed by atoms with Crippen LogP contribution in [0.3, 0.4) is 0 Å². The summed E-state index contributed by atoms with van der Waals surface area (Å²) in [5.41, 5.74) is 6.29. The Bertz CT molecular complexity index is 123. The van der Waals surface area contributed by atoms with Crippen LogP contribution >= 0.6 is 0 Å². The Hall–Kier alpha value is -0.0400. The second-order valence-electron chi connectivity index (χ2n) is 4.80. The van der Waals surface area contributed by atoms with Crippen LogP contribution in [0.4, 0.5) is 0 Å². The summed E-state index contributed by atoms with van der Waals surface area (Å²) in [5, 5.41) is 0. The predicted molar refractivity (Wildman–Crippen MR) is 49.4 cm³/mol. The Morgan fingerprint density at radius 3 is 2.27 bits per heavy atom. The lowest BCUT2D eigenvalue weighted by molar-refractivity contribution is 0.105. The quantitative estimate of drug-likeness (QED) is 0.666. The lowest BCUT2D eigenvalue weighted by atomic mass is 9.65. The van der Waals surface area contributed by atoms with E-state index in [1.165, 1.54) is 25.7 Å². The van der Waals surface area contributed by atoms with Crippen LogP contribution in [0, 0.1) is 11.3 Å². The maximum absolute atomic E-state index is 5.80. The van der Waals surface area contributed by atoms with Crippen molar-refractivity contribution < 1.29 is 0 Å². The van der Waals surface area contributed by atoms with Gasteiger partial charge in [-0.25, -0.2) is 0 Å². The van der Waals surface area contributed by atoms with Crippen molar-refractivity contribution in [2.45, 2.75) is 52.5 Å². The van der Waals surface area contributed by atoms with Crippen molar-refractivity contribution in [1.29, 1.82) is 0 Å². The van der Waals surface area contributed by atoms with Crippen LogP contribution in [0.25, 0.3) is 0 Å². The van der Waals surface area contributed by atoms with E-state index in [-0.39, 0.29) is 0 Å². The molecule has 1 heteroatoms.